The van der Waals surface area contributed by atoms with Gasteiger partial charge in [0.1, 0.15) is 24.0 Å². The predicted molar refractivity (Wildman–Crippen MR) is 143 cm³/mol. The van der Waals surface area contributed by atoms with Crippen molar-refractivity contribution in [1.82, 2.24) is 10.6 Å². The van der Waals surface area contributed by atoms with Crippen molar-refractivity contribution < 1.29 is 34.4 Å². The molecule has 0 heterocycles. The number of esters is 1. The number of phenols is 1. The molecule has 2 aromatic carbocycles. The average Bonchev–Trinajstić information content (AvgIpc) is 2.88. The molecule has 0 bridgehead atoms. The lowest BCUT2D eigenvalue weighted by Crippen LogP contribution is -2.72. The standard InChI is InChI=1S/C27H38N4O7/c1-6-27(17(4)33,31-26(37)29-5)24(28)23(30-19-11-8-10-18(13-19)16(3)32)21(35)14-38-25(36)22-15(2)9-7-12-20(22)34/h7-13,17,21,23-24,30,33-35H,6,14,28H2,1-5H3,(H2,29,31,37). The predicted octanol–water partition coefficient (Wildman–Crippen LogP) is 1.69. The highest BCUT2D eigenvalue weighted by atomic mass is 16.5. The third-order valence-corrected chi connectivity index (χ3v) is 6.74. The summed E-state index contributed by atoms with van der Waals surface area (Å²) in [5, 5.41) is 40.3. The van der Waals surface area contributed by atoms with Gasteiger partial charge in [0.15, 0.2) is 5.78 Å². The quantitative estimate of drug-likeness (QED) is 0.158. The minimum Gasteiger partial charge on any atom is -0.507 e. The molecule has 0 aromatic heterocycles. The van der Waals surface area contributed by atoms with Gasteiger partial charge in [-0.05, 0) is 51.0 Å². The molecule has 0 spiro atoms. The Bertz CT molecular complexity index is 1120. The maximum absolute atomic E-state index is 12.7. The van der Waals surface area contributed by atoms with Crippen LogP contribution >= 0.6 is 0 Å². The Labute approximate surface area is 222 Å². The Morgan fingerprint density at radius 3 is 2.34 bits per heavy atom. The third kappa shape index (κ3) is 7.00. The van der Waals surface area contributed by atoms with E-state index in [2.05, 4.69) is 16.0 Å². The average molecular weight is 531 g/mol. The van der Waals surface area contributed by atoms with Gasteiger partial charge in [-0.25, -0.2) is 9.59 Å². The zero-order chi connectivity index (χ0) is 28.6. The van der Waals surface area contributed by atoms with Gasteiger partial charge in [0, 0.05) is 18.3 Å². The molecule has 0 radical (unpaired) electrons. The van der Waals surface area contributed by atoms with Crippen LogP contribution in [0.2, 0.25) is 0 Å². The molecule has 0 saturated heterocycles. The van der Waals surface area contributed by atoms with Crippen molar-refractivity contribution in [3.63, 3.8) is 0 Å². The van der Waals surface area contributed by atoms with Crippen molar-refractivity contribution in [2.45, 2.75) is 63.9 Å². The Balaban J connectivity index is 2.43. The number of Topliss-reactive ketones (excluding diaryl/α,β-unsaturated/α-hetero) is 1. The van der Waals surface area contributed by atoms with Crippen LogP contribution in [0, 0.1) is 6.92 Å². The van der Waals surface area contributed by atoms with Gasteiger partial charge >= 0.3 is 12.0 Å². The van der Waals surface area contributed by atoms with Crippen LogP contribution in [-0.2, 0) is 4.74 Å². The largest absolute Gasteiger partial charge is 0.507 e. The van der Waals surface area contributed by atoms with Crippen molar-refractivity contribution in [2.75, 3.05) is 19.0 Å². The van der Waals surface area contributed by atoms with E-state index in [0.29, 0.717) is 16.8 Å². The molecule has 208 valence electrons. The number of anilines is 1. The highest BCUT2D eigenvalue weighted by Gasteiger charge is 2.47. The second kappa shape index (κ2) is 13.2. The van der Waals surface area contributed by atoms with Crippen LogP contribution in [0.4, 0.5) is 10.5 Å². The first-order valence-electron chi connectivity index (χ1n) is 12.3. The number of benzene rings is 2. The zero-order valence-electron chi connectivity index (χ0n) is 22.3. The van der Waals surface area contributed by atoms with E-state index in [1.54, 1.807) is 50.2 Å². The number of urea groups is 1. The van der Waals surface area contributed by atoms with E-state index < -0.39 is 48.4 Å². The number of carbonyl (C=O) groups is 3. The molecule has 0 aliphatic carbocycles. The van der Waals surface area contributed by atoms with E-state index in [4.69, 9.17) is 10.5 Å². The lowest BCUT2D eigenvalue weighted by molar-refractivity contribution is 0.00315. The van der Waals surface area contributed by atoms with Crippen molar-refractivity contribution in [2.24, 2.45) is 5.73 Å². The maximum atomic E-state index is 12.7. The number of aliphatic hydroxyl groups is 2. The summed E-state index contributed by atoms with van der Waals surface area (Å²) in [5.41, 5.74) is 6.56. The fourth-order valence-electron chi connectivity index (χ4n) is 4.38. The summed E-state index contributed by atoms with van der Waals surface area (Å²) < 4.78 is 5.33. The zero-order valence-corrected chi connectivity index (χ0v) is 22.3. The summed E-state index contributed by atoms with van der Waals surface area (Å²) in [6.07, 6.45) is -2.39. The fourth-order valence-corrected chi connectivity index (χ4v) is 4.38. The number of hydrogen-bond acceptors (Lipinski definition) is 9. The minimum absolute atomic E-state index is 0.0316. The van der Waals surface area contributed by atoms with Crippen LogP contribution in [-0.4, -0.2) is 76.6 Å². The van der Waals surface area contributed by atoms with E-state index >= 15 is 0 Å². The van der Waals surface area contributed by atoms with E-state index in [9.17, 15) is 29.7 Å². The number of nitrogens with one attached hydrogen (secondary N) is 3. The van der Waals surface area contributed by atoms with Crippen molar-refractivity contribution in [1.29, 1.82) is 0 Å². The fraction of sp³-hybridized carbons (Fsp3) is 0.444. The molecule has 38 heavy (non-hydrogen) atoms. The molecule has 2 rings (SSSR count). The molecular weight excluding hydrogens is 492 g/mol. The van der Waals surface area contributed by atoms with Crippen LogP contribution in [0.3, 0.4) is 0 Å². The van der Waals surface area contributed by atoms with E-state index in [1.165, 1.54) is 27.0 Å². The molecule has 2 aromatic rings. The van der Waals surface area contributed by atoms with Gasteiger partial charge in [-0.15, -0.1) is 0 Å². The maximum Gasteiger partial charge on any atom is 0.342 e. The highest BCUT2D eigenvalue weighted by Crippen LogP contribution is 2.27. The number of ether oxygens (including phenoxy) is 1. The first kappa shape index (κ1) is 30.6. The Morgan fingerprint density at radius 2 is 1.79 bits per heavy atom. The molecule has 0 saturated carbocycles. The molecule has 5 unspecified atom stereocenters. The second-order valence-corrected chi connectivity index (χ2v) is 9.24. The van der Waals surface area contributed by atoms with Crippen LogP contribution in [0.25, 0.3) is 0 Å². The van der Waals surface area contributed by atoms with Crippen molar-refractivity contribution >= 4 is 23.5 Å². The normalized spacial score (nSPS) is 15.8. The summed E-state index contributed by atoms with van der Waals surface area (Å²) in [4.78, 5) is 36.9. The second-order valence-electron chi connectivity index (χ2n) is 9.24. The number of phenolic OH excluding ortho intramolecular Hbond substituents is 1. The number of nitrogens with two attached hydrogens (primary N) is 1. The Morgan fingerprint density at radius 1 is 1.13 bits per heavy atom. The van der Waals surface area contributed by atoms with E-state index in [0.717, 1.165) is 0 Å². The first-order chi connectivity index (χ1) is 17.9. The number of aliphatic hydroxyl groups excluding tert-OH is 2. The SMILES string of the molecule is CCC(NC(=O)NC)(C(C)O)C(N)C(Nc1cccc(C(C)=O)c1)C(O)COC(=O)c1c(C)cccc1O. The molecule has 0 aliphatic heterocycles. The molecule has 0 fully saturated rings. The third-order valence-electron chi connectivity index (χ3n) is 6.74. The van der Waals surface area contributed by atoms with Gasteiger partial charge in [0.25, 0.3) is 0 Å². The van der Waals surface area contributed by atoms with Crippen LogP contribution in [0.5, 0.6) is 5.75 Å². The van der Waals surface area contributed by atoms with Gasteiger partial charge in [0.2, 0.25) is 0 Å². The van der Waals surface area contributed by atoms with Crippen LogP contribution in [0.1, 0.15) is 53.5 Å². The first-order valence-corrected chi connectivity index (χ1v) is 12.3. The molecule has 0 aliphatic rings. The summed E-state index contributed by atoms with van der Waals surface area (Å²) >= 11 is 0. The summed E-state index contributed by atoms with van der Waals surface area (Å²) in [5.74, 6) is -1.27. The number of ketones is 1. The lowest BCUT2D eigenvalue weighted by Gasteiger charge is -2.45. The van der Waals surface area contributed by atoms with Gasteiger partial charge < -0.3 is 41.7 Å². The molecule has 5 atom stereocenters. The summed E-state index contributed by atoms with van der Waals surface area (Å²) in [6.45, 7) is 5.73. The number of amides is 2. The molecule has 2 amide bonds. The highest BCUT2D eigenvalue weighted by molar-refractivity contribution is 5.95. The van der Waals surface area contributed by atoms with Gasteiger partial charge in [0.05, 0.1) is 23.7 Å². The Hall–Kier alpha value is -3.67. The van der Waals surface area contributed by atoms with E-state index in [-0.39, 0.29) is 23.5 Å². The number of aryl methyl sites for hydroxylation is 1. The molecule has 8 N–H and O–H groups in total. The Kier molecular flexibility index (Phi) is 10.6. The smallest absolute Gasteiger partial charge is 0.342 e. The van der Waals surface area contributed by atoms with Crippen LogP contribution in [0.15, 0.2) is 42.5 Å². The molecular formula is C27H38N4O7. The van der Waals surface area contributed by atoms with Gasteiger partial charge in [-0.3, -0.25) is 4.79 Å². The van der Waals surface area contributed by atoms with Gasteiger partial charge in [-0.1, -0.05) is 31.2 Å². The van der Waals surface area contributed by atoms with Crippen molar-refractivity contribution in [3.05, 3.63) is 59.2 Å². The molecule has 11 heteroatoms. The minimum atomic E-state index is -1.43. The number of hydrogen-bond donors (Lipinski definition) is 7. The van der Waals surface area contributed by atoms with Crippen molar-refractivity contribution in [3.8, 4) is 5.75 Å². The number of rotatable bonds is 12. The van der Waals surface area contributed by atoms with Gasteiger partial charge in [-0.2, -0.15) is 0 Å². The topological polar surface area (TPSA) is 183 Å². The summed E-state index contributed by atoms with van der Waals surface area (Å²) in [6, 6.07) is 8.32. The van der Waals surface area contributed by atoms with E-state index in [1.807, 2.05) is 0 Å². The molecule has 11 nitrogen and oxygen atoms in total. The summed E-state index contributed by atoms with van der Waals surface area (Å²) in [7, 11) is 1.42. The number of aromatic hydroxyl groups is 1. The van der Waals surface area contributed by atoms with Crippen LogP contribution < -0.4 is 21.7 Å². The number of carbonyl (C=O) groups excluding carboxylic acids is 3. The lowest BCUT2D eigenvalue weighted by atomic mass is 9.77. The monoisotopic (exact) mass is 530 g/mol.